The summed E-state index contributed by atoms with van der Waals surface area (Å²) in [5.41, 5.74) is 0. The molecule has 0 spiro atoms. The molecule has 0 heterocycles. The molecule has 0 bridgehead atoms. The average molecular weight is 286 g/mol. The van der Waals surface area contributed by atoms with Crippen LogP contribution in [0.1, 0.15) is 26.7 Å². The molecule has 0 aromatic heterocycles. The normalized spacial score (nSPS) is 14.3. The highest BCUT2D eigenvalue weighted by molar-refractivity contribution is 5.83. The van der Waals surface area contributed by atoms with Crippen LogP contribution in [0.3, 0.4) is 0 Å². The van der Waals surface area contributed by atoms with Crippen LogP contribution in [0.2, 0.25) is 0 Å². The number of carbonyl (C=O) groups is 1. The summed E-state index contributed by atoms with van der Waals surface area (Å²) in [6, 6.07) is -0.160. The second kappa shape index (κ2) is 7.67. The molecule has 0 saturated heterocycles. The Morgan fingerprint density at radius 3 is 2.00 bits per heavy atom. The molecule has 0 aromatic carbocycles. The summed E-state index contributed by atoms with van der Waals surface area (Å²) in [4.78, 5) is 12.9. The Bertz CT molecular complexity index is 281. The van der Waals surface area contributed by atoms with Crippen molar-refractivity contribution in [2.24, 2.45) is 5.92 Å². The van der Waals surface area contributed by atoms with Crippen LogP contribution < -0.4 is 5.32 Å². The molecule has 0 rings (SSSR count). The number of likely N-dealkylation sites (N-methyl/N-ethyl adjacent to an activating group) is 1. The highest BCUT2D eigenvalue weighted by Crippen LogP contribution is 2.23. The summed E-state index contributed by atoms with van der Waals surface area (Å²) in [6.45, 7) is 3.85. The minimum Gasteiger partial charge on any atom is -0.349 e. The summed E-state index contributed by atoms with van der Waals surface area (Å²) in [7, 11) is 3.53. The lowest BCUT2D eigenvalue weighted by Gasteiger charge is -2.31. The molecule has 114 valence electrons. The SMILES string of the molecule is CCC(CC)C(CNC(=O)C(F)(F)C(F)F)N(C)C. The van der Waals surface area contributed by atoms with Crippen LogP contribution in [0, 0.1) is 5.92 Å². The molecule has 0 radical (unpaired) electrons. The van der Waals surface area contributed by atoms with E-state index >= 15 is 0 Å². The molecule has 0 aliphatic carbocycles. The first kappa shape index (κ1) is 18.1. The first-order valence-corrected chi connectivity index (χ1v) is 6.29. The van der Waals surface area contributed by atoms with Crippen LogP contribution in [0.15, 0.2) is 0 Å². The second-order valence-electron chi connectivity index (χ2n) is 4.74. The van der Waals surface area contributed by atoms with Gasteiger partial charge in [-0.2, -0.15) is 8.78 Å². The van der Waals surface area contributed by atoms with Crippen LogP contribution >= 0.6 is 0 Å². The molecule has 19 heavy (non-hydrogen) atoms. The lowest BCUT2D eigenvalue weighted by atomic mass is 9.93. The zero-order valence-corrected chi connectivity index (χ0v) is 11.7. The van der Waals surface area contributed by atoms with Crippen LogP contribution in [0.25, 0.3) is 0 Å². The summed E-state index contributed by atoms with van der Waals surface area (Å²) < 4.78 is 49.6. The summed E-state index contributed by atoms with van der Waals surface area (Å²) in [6.07, 6.45) is -2.35. The van der Waals surface area contributed by atoms with Gasteiger partial charge in [0.2, 0.25) is 0 Å². The van der Waals surface area contributed by atoms with E-state index in [1.54, 1.807) is 19.0 Å². The number of nitrogens with one attached hydrogen (secondary N) is 1. The molecule has 0 saturated carbocycles. The van der Waals surface area contributed by atoms with Crippen LogP contribution in [0.5, 0.6) is 0 Å². The highest BCUT2D eigenvalue weighted by Gasteiger charge is 2.48. The number of amides is 1. The Kier molecular flexibility index (Phi) is 7.33. The van der Waals surface area contributed by atoms with Crippen LogP contribution in [0.4, 0.5) is 17.6 Å². The minimum absolute atomic E-state index is 0.0690. The molecule has 1 amide bonds. The van der Waals surface area contributed by atoms with Gasteiger partial charge in [-0.25, -0.2) is 8.78 Å². The van der Waals surface area contributed by atoms with Crippen molar-refractivity contribution < 1.29 is 22.4 Å². The first-order valence-electron chi connectivity index (χ1n) is 6.29. The van der Waals surface area contributed by atoms with Crippen molar-refractivity contribution in [3.05, 3.63) is 0 Å². The topological polar surface area (TPSA) is 32.3 Å². The fraction of sp³-hybridized carbons (Fsp3) is 0.917. The molecule has 7 heteroatoms. The van der Waals surface area contributed by atoms with Crippen molar-refractivity contribution in [3.63, 3.8) is 0 Å². The number of hydrogen-bond donors (Lipinski definition) is 1. The van der Waals surface area contributed by atoms with Gasteiger partial charge in [-0.1, -0.05) is 26.7 Å². The number of alkyl halides is 4. The molecule has 3 nitrogen and oxygen atoms in total. The Balaban J connectivity index is 4.61. The predicted octanol–water partition coefficient (Wildman–Crippen LogP) is 2.37. The van der Waals surface area contributed by atoms with Gasteiger partial charge in [0.15, 0.2) is 0 Å². The van der Waals surface area contributed by atoms with Gasteiger partial charge in [0.25, 0.3) is 5.91 Å². The van der Waals surface area contributed by atoms with Crippen molar-refractivity contribution >= 4 is 5.91 Å². The minimum atomic E-state index is -4.63. The molecule has 0 aromatic rings. The maximum absolute atomic E-state index is 12.8. The van der Waals surface area contributed by atoms with E-state index in [-0.39, 0.29) is 18.5 Å². The van der Waals surface area contributed by atoms with Gasteiger partial charge in [-0.05, 0) is 20.0 Å². The van der Waals surface area contributed by atoms with E-state index in [4.69, 9.17) is 0 Å². The number of rotatable bonds is 8. The van der Waals surface area contributed by atoms with E-state index in [0.717, 1.165) is 12.8 Å². The fourth-order valence-electron chi connectivity index (χ4n) is 2.02. The van der Waals surface area contributed by atoms with Gasteiger partial charge in [0, 0.05) is 12.6 Å². The zero-order valence-electron chi connectivity index (χ0n) is 11.7. The summed E-state index contributed by atoms with van der Waals surface area (Å²) in [5.74, 6) is -6.35. The summed E-state index contributed by atoms with van der Waals surface area (Å²) in [5, 5.41) is 1.92. The van der Waals surface area contributed by atoms with E-state index in [9.17, 15) is 22.4 Å². The zero-order chi connectivity index (χ0) is 15.2. The van der Waals surface area contributed by atoms with Gasteiger partial charge >= 0.3 is 12.3 Å². The average Bonchev–Trinajstić information content (AvgIpc) is 2.33. The van der Waals surface area contributed by atoms with Crippen LogP contribution in [-0.2, 0) is 4.79 Å². The molecular formula is C12H22F4N2O. The Hall–Kier alpha value is -0.850. The predicted molar refractivity (Wildman–Crippen MR) is 65.5 cm³/mol. The van der Waals surface area contributed by atoms with Crippen molar-refractivity contribution in [1.29, 1.82) is 0 Å². The maximum atomic E-state index is 12.8. The Labute approximate surface area is 111 Å². The molecular weight excluding hydrogens is 264 g/mol. The van der Waals surface area contributed by atoms with E-state index < -0.39 is 18.3 Å². The molecule has 1 unspecified atom stereocenters. The number of carbonyl (C=O) groups excluding carboxylic acids is 1. The monoisotopic (exact) mass is 286 g/mol. The second-order valence-corrected chi connectivity index (χ2v) is 4.74. The Morgan fingerprint density at radius 1 is 1.21 bits per heavy atom. The highest BCUT2D eigenvalue weighted by atomic mass is 19.3. The lowest BCUT2D eigenvalue weighted by Crippen LogP contribution is -2.51. The van der Waals surface area contributed by atoms with E-state index in [2.05, 4.69) is 0 Å². The third-order valence-electron chi connectivity index (χ3n) is 3.30. The third-order valence-corrected chi connectivity index (χ3v) is 3.30. The number of nitrogens with zero attached hydrogens (tertiary/aromatic N) is 1. The maximum Gasteiger partial charge on any atom is 0.383 e. The summed E-state index contributed by atoms with van der Waals surface area (Å²) >= 11 is 0. The Morgan fingerprint density at radius 2 is 1.68 bits per heavy atom. The van der Waals surface area contributed by atoms with Gasteiger partial charge in [0.1, 0.15) is 0 Å². The fourth-order valence-corrected chi connectivity index (χ4v) is 2.02. The van der Waals surface area contributed by atoms with Gasteiger partial charge in [-0.15, -0.1) is 0 Å². The number of halogens is 4. The van der Waals surface area contributed by atoms with Crippen LogP contribution in [-0.4, -0.2) is 49.8 Å². The first-order chi connectivity index (χ1) is 8.68. The molecule has 0 aliphatic heterocycles. The molecule has 1 N–H and O–H groups in total. The van der Waals surface area contributed by atoms with E-state index in [0.29, 0.717) is 0 Å². The van der Waals surface area contributed by atoms with E-state index in [1.165, 1.54) is 0 Å². The molecule has 0 aliphatic rings. The third kappa shape index (κ3) is 4.97. The van der Waals surface area contributed by atoms with Gasteiger partial charge in [-0.3, -0.25) is 4.79 Å². The van der Waals surface area contributed by atoms with E-state index in [1.807, 2.05) is 19.2 Å². The lowest BCUT2D eigenvalue weighted by molar-refractivity contribution is -0.169. The number of hydrogen-bond acceptors (Lipinski definition) is 2. The van der Waals surface area contributed by atoms with Gasteiger partial charge < -0.3 is 10.2 Å². The molecule has 0 fully saturated rings. The standard InChI is InChI=1S/C12H22F4N2O/c1-5-8(6-2)9(18(3)4)7-17-11(19)12(15,16)10(13)14/h8-10H,5-7H2,1-4H3,(H,17,19). The largest absolute Gasteiger partial charge is 0.383 e. The van der Waals surface area contributed by atoms with Crippen molar-refractivity contribution in [3.8, 4) is 0 Å². The van der Waals surface area contributed by atoms with Gasteiger partial charge in [0.05, 0.1) is 0 Å². The van der Waals surface area contributed by atoms with Crippen molar-refractivity contribution in [2.75, 3.05) is 20.6 Å². The molecule has 1 atom stereocenters. The quantitative estimate of drug-likeness (QED) is 0.695. The van der Waals surface area contributed by atoms with Crippen molar-refractivity contribution in [1.82, 2.24) is 10.2 Å². The van der Waals surface area contributed by atoms with Crippen molar-refractivity contribution in [2.45, 2.75) is 45.1 Å². The smallest absolute Gasteiger partial charge is 0.349 e.